The second-order valence-electron chi connectivity index (χ2n) is 7.79. The second kappa shape index (κ2) is 10.0. The summed E-state index contributed by atoms with van der Waals surface area (Å²) in [5.74, 6) is 0.858. The van der Waals surface area contributed by atoms with Crippen LogP contribution in [0.4, 0.5) is 10.1 Å². The van der Waals surface area contributed by atoms with E-state index in [1.807, 2.05) is 66.7 Å². The molecule has 4 aromatic rings. The van der Waals surface area contributed by atoms with Crippen molar-refractivity contribution in [3.8, 4) is 11.5 Å². The summed E-state index contributed by atoms with van der Waals surface area (Å²) >= 11 is 1.27. The van der Waals surface area contributed by atoms with Crippen LogP contribution in [0.25, 0.3) is 16.8 Å². The molecule has 0 bridgehead atoms. The van der Waals surface area contributed by atoms with Gasteiger partial charge in [0, 0.05) is 5.56 Å². The van der Waals surface area contributed by atoms with Gasteiger partial charge in [-0.1, -0.05) is 42.5 Å². The van der Waals surface area contributed by atoms with Gasteiger partial charge in [-0.3, -0.25) is 4.79 Å². The first-order valence-electron chi connectivity index (χ1n) is 10.9. The number of nitrogens with one attached hydrogen (secondary N) is 1. The van der Waals surface area contributed by atoms with Crippen LogP contribution in [0.1, 0.15) is 11.1 Å². The maximum Gasteiger partial charge on any atom is 0.264 e. The minimum absolute atomic E-state index is 0.223. The fourth-order valence-electron chi connectivity index (χ4n) is 3.68. The Morgan fingerprint density at radius 3 is 2.51 bits per heavy atom. The van der Waals surface area contributed by atoms with E-state index >= 15 is 0 Å². The van der Waals surface area contributed by atoms with Crippen LogP contribution >= 0.6 is 11.8 Å². The third-order valence-electron chi connectivity index (χ3n) is 5.47. The highest BCUT2D eigenvalue weighted by atomic mass is 32.2. The molecule has 4 aromatic carbocycles. The molecule has 0 unspecified atom stereocenters. The molecule has 5 nitrogen and oxygen atoms in total. The number of fused-ring (bicyclic) bond motifs is 1. The van der Waals surface area contributed by atoms with Crippen molar-refractivity contribution in [1.29, 1.82) is 0 Å². The lowest BCUT2D eigenvalue weighted by atomic mass is 10.0. The molecule has 0 radical (unpaired) electrons. The Labute approximate surface area is 206 Å². The molecule has 5 rings (SSSR count). The molecule has 1 heterocycles. The first kappa shape index (κ1) is 22.7. The van der Waals surface area contributed by atoms with Gasteiger partial charge in [-0.25, -0.2) is 9.38 Å². The second-order valence-corrected chi connectivity index (χ2v) is 8.82. The van der Waals surface area contributed by atoms with Crippen molar-refractivity contribution in [3.63, 3.8) is 0 Å². The zero-order valence-electron chi connectivity index (χ0n) is 18.8. The van der Waals surface area contributed by atoms with E-state index in [0.29, 0.717) is 21.5 Å². The average Bonchev–Trinajstić information content (AvgIpc) is 3.23. The van der Waals surface area contributed by atoms with Gasteiger partial charge < -0.3 is 14.8 Å². The van der Waals surface area contributed by atoms with Crippen LogP contribution < -0.4 is 14.8 Å². The third kappa shape index (κ3) is 5.20. The quantitative estimate of drug-likeness (QED) is 0.319. The molecule has 174 valence electrons. The summed E-state index contributed by atoms with van der Waals surface area (Å²) in [5, 5.41) is 5.33. The number of aliphatic imine (C=N–C) groups is 1. The molecule has 0 aromatic heterocycles. The van der Waals surface area contributed by atoms with E-state index in [-0.39, 0.29) is 18.3 Å². The zero-order chi connectivity index (χ0) is 24.2. The molecule has 1 fully saturated rings. The van der Waals surface area contributed by atoms with Gasteiger partial charge in [0.25, 0.3) is 5.91 Å². The Balaban J connectivity index is 1.46. The largest absolute Gasteiger partial charge is 0.497 e. The average molecular weight is 485 g/mol. The van der Waals surface area contributed by atoms with E-state index in [1.54, 1.807) is 19.2 Å². The molecule has 1 amide bonds. The minimum atomic E-state index is -0.291. The van der Waals surface area contributed by atoms with Crippen LogP contribution in [0.5, 0.6) is 11.5 Å². The lowest BCUT2D eigenvalue weighted by molar-refractivity contribution is -0.115. The van der Waals surface area contributed by atoms with Gasteiger partial charge in [0.05, 0.1) is 17.7 Å². The number of ether oxygens (including phenoxy) is 2. The fourth-order valence-corrected chi connectivity index (χ4v) is 4.50. The van der Waals surface area contributed by atoms with Crippen molar-refractivity contribution in [1.82, 2.24) is 5.32 Å². The summed E-state index contributed by atoms with van der Waals surface area (Å²) in [6.07, 6.45) is 1.83. The molecule has 0 saturated carbocycles. The summed E-state index contributed by atoms with van der Waals surface area (Å²) in [4.78, 5) is 17.8. The van der Waals surface area contributed by atoms with Gasteiger partial charge in [0.2, 0.25) is 0 Å². The Morgan fingerprint density at radius 2 is 1.74 bits per heavy atom. The van der Waals surface area contributed by atoms with Crippen LogP contribution in [-0.4, -0.2) is 18.2 Å². The maximum absolute atomic E-state index is 13.3. The number of amidine groups is 1. The third-order valence-corrected chi connectivity index (χ3v) is 6.38. The van der Waals surface area contributed by atoms with E-state index < -0.39 is 0 Å². The number of thioether (sulfide) groups is 1. The maximum atomic E-state index is 13.3. The number of halogens is 1. The van der Waals surface area contributed by atoms with Crippen molar-refractivity contribution < 1.29 is 18.7 Å². The summed E-state index contributed by atoms with van der Waals surface area (Å²) in [7, 11) is 1.61. The molecule has 1 saturated heterocycles. The van der Waals surface area contributed by atoms with Gasteiger partial charge in [-0.15, -0.1) is 0 Å². The van der Waals surface area contributed by atoms with Crippen molar-refractivity contribution in [2.24, 2.45) is 4.99 Å². The molecule has 35 heavy (non-hydrogen) atoms. The summed E-state index contributed by atoms with van der Waals surface area (Å²) in [5.41, 5.74) is 2.36. The molecule has 0 spiro atoms. The lowest BCUT2D eigenvalue weighted by Gasteiger charge is -2.12. The van der Waals surface area contributed by atoms with Crippen molar-refractivity contribution in [3.05, 3.63) is 107 Å². The van der Waals surface area contributed by atoms with Crippen LogP contribution in [0.3, 0.4) is 0 Å². The number of amides is 1. The van der Waals surface area contributed by atoms with Gasteiger partial charge in [0.15, 0.2) is 5.17 Å². The molecule has 1 aliphatic rings. The summed E-state index contributed by atoms with van der Waals surface area (Å²) in [6, 6.07) is 25.3. The van der Waals surface area contributed by atoms with Crippen LogP contribution in [-0.2, 0) is 11.4 Å². The number of hydrogen-bond donors (Lipinski definition) is 1. The van der Waals surface area contributed by atoms with E-state index in [1.165, 1.54) is 23.9 Å². The molecule has 0 atom stereocenters. The van der Waals surface area contributed by atoms with E-state index in [2.05, 4.69) is 10.3 Å². The topological polar surface area (TPSA) is 59.9 Å². The Bertz CT molecular complexity index is 1450. The van der Waals surface area contributed by atoms with Gasteiger partial charge in [-0.05, 0) is 76.6 Å². The molecule has 1 aliphatic heterocycles. The number of benzene rings is 4. The highest BCUT2D eigenvalue weighted by Crippen LogP contribution is 2.35. The number of carbonyl (C=O) groups excluding carboxylic acids is 1. The Kier molecular flexibility index (Phi) is 6.50. The SMILES string of the molecule is COc1ccc(N=C2NC(=O)/C(=C\c3c(OCc4ccc(F)cc4)ccc4ccccc34)S2)cc1. The number of nitrogens with zero attached hydrogens (tertiary/aromatic N) is 1. The summed E-state index contributed by atoms with van der Waals surface area (Å²) in [6.45, 7) is 0.276. The molecule has 7 heteroatoms. The van der Waals surface area contributed by atoms with Gasteiger partial charge >= 0.3 is 0 Å². The van der Waals surface area contributed by atoms with E-state index in [4.69, 9.17) is 9.47 Å². The predicted molar refractivity (Wildman–Crippen MR) is 138 cm³/mol. The van der Waals surface area contributed by atoms with E-state index in [9.17, 15) is 9.18 Å². The monoisotopic (exact) mass is 484 g/mol. The predicted octanol–water partition coefficient (Wildman–Crippen LogP) is 6.46. The molecular formula is C28H21FN2O3S. The van der Waals surface area contributed by atoms with Crippen molar-refractivity contribution in [2.75, 3.05) is 7.11 Å². The lowest BCUT2D eigenvalue weighted by Crippen LogP contribution is -2.19. The smallest absolute Gasteiger partial charge is 0.264 e. The van der Waals surface area contributed by atoms with Crippen LogP contribution in [0, 0.1) is 5.82 Å². The number of carbonyl (C=O) groups is 1. The summed E-state index contributed by atoms with van der Waals surface area (Å²) < 4.78 is 24.5. The van der Waals surface area contributed by atoms with Crippen molar-refractivity contribution >= 4 is 45.4 Å². The standard InChI is InChI=1S/C28H21FN2O3S/c1-33-22-13-11-21(12-14-22)30-28-31-27(32)26(35-28)16-24-23-5-3-2-4-19(23)8-15-25(24)34-17-18-6-9-20(29)10-7-18/h2-16H,17H2,1H3,(H,30,31,32)/b26-16+. The first-order chi connectivity index (χ1) is 17.1. The van der Waals surface area contributed by atoms with Gasteiger partial charge in [-0.2, -0.15) is 0 Å². The zero-order valence-corrected chi connectivity index (χ0v) is 19.6. The molecule has 0 aliphatic carbocycles. The Morgan fingerprint density at radius 1 is 0.971 bits per heavy atom. The number of methoxy groups -OCH3 is 1. The number of rotatable bonds is 6. The van der Waals surface area contributed by atoms with Crippen molar-refractivity contribution in [2.45, 2.75) is 6.61 Å². The number of hydrogen-bond acceptors (Lipinski definition) is 5. The van der Waals surface area contributed by atoms with Crippen LogP contribution in [0.15, 0.2) is 94.8 Å². The Hall–Kier alpha value is -4.10. The first-order valence-corrected chi connectivity index (χ1v) is 11.7. The minimum Gasteiger partial charge on any atom is -0.497 e. The van der Waals surface area contributed by atoms with E-state index in [0.717, 1.165) is 27.6 Å². The molecular weight excluding hydrogens is 463 g/mol. The van der Waals surface area contributed by atoms with Gasteiger partial charge in [0.1, 0.15) is 23.9 Å². The fraction of sp³-hybridized carbons (Fsp3) is 0.0714. The highest BCUT2D eigenvalue weighted by molar-refractivity contribution is 8.18. The van der Waals surface area contributed by atoms with Crippen LogP contribution in [0.2, 0.25) is 0 Å². The molecule has 1 N–H and O–H groups in total. The highest BCUT2D eigenvalue weighted by Gasteiger charge is 2.25. The normalized spacial score (nSPS) is 15.5.